The first-order valence-electron chi connectivity index (χ1n) is 7.04. The van der Waals surface area contributed by atoms with E-state index < -0.39 is 0 Å². The van der Waals surface area contributed by atoms with Crippen LogP contribution in [0, 0.1) is 0 Å². The second-order valence-corrected chi connectivity index (χ2v) is 5.45. The van der Waals surface area contributed by atoms with E-state index in [1.165, 1.54) is 36.9 Å². The van der Waals surface area contributed by atoms with Gasteiger partial charge in [0, 0.05) is 12.1 Å². The Bertz CT molecular complexity index is 341. The molecule has 2 atom stereocenters. The summed E-state index contributed by atoms with van der Waals surface area (Å²) in [4.78, 5) is 2.66. The fourth-order valence-electron chi connectivity index (χ4n) is 2.98. The number of hydrogen-bond acceptors (Lipinski definition) is 1. The molecule has 0 radical (unpaired) electrons. The van der Waals surface area contributed by atoms with Gasteiger partial charge in [-0.15, -0.1) is 0 Å². The molecule has 0 saturated carbocycles. The van der Waals surface area contributed by atoms with Crippen LogP contribution in [0.5, 0.6) is 0 Å². The summed E-state index contributed by atoms with van der Waals surface area (Å²) in [6.45, 7) is 8.23. The summed E-state index contributed by atoms with van der Waals surface area (Å²) in [6.07, 6.45) is 5.08. The maximum atomic E-state index is 2.66. The molecule has 0 bridgehead atoms. The molecule has 1 heteroatoms. The highest BCUT2D eigenvalue weighted by atomic mass is 15.2. The minimum atomic E-state index is 0.681. The summed E-state index contributed by atoms with van der Waals surface area (Å²) in [5, 5.41) is 0. The van der Waals surface area contributed by atoms with Crippen LogP contribution in [0.25, 0.3) is 0 Å². The molecule has 1 saturated heterocycles. The zero-order chi connectivity index (χ0) is 12.3. The fourth-order valence-corrected chi connectivity index (χ4v) is 2.98. The van der Waals surface area contributed by atoms with Crippen LogP contribution in [-0.4, -0.2) is 23.5 Å². The molecule has 0 spiro atoms. The van der Waals surface area contributed by atoms with E-state index in [0.29, 0.717) is 6.04 Å². The van der Waals surface area contributed by atoms with Crippen LogP contribution < -0.4 is 0 Å². The van der Waals surface area contributed by atoms with E-state index in [-0.39, 0.29) is 0 Å². The topological polar surface area (TPSA) is 3.24 Å². The average molecular weight is 231 g/mol. The normalized spacial score (nSPS) is 22.9. The molecular formula is C16H25N. The van der Waals surface area contributed by atoms with Crippen molar-refractivity contribution in [3.05, 3.63) is 35.4 Å². The van der Waals surface area contributed by atoms with Gasteiger partial charge in [0.25, 0.3) is 0 Å². The van der Waals surface area contributed by atoms with E-state index in [4.69, 9.17) is 0 Å². The van der Waals surface area contributed by atoms with Crippen LogP contribution >= 0.6 is 0 Å². The average Bonchev–Trinajstić information content (AvgIpc) is 2.76. The number of hydrogen-bond donors (Lipinski definition) is 0. The van der Waals surface area contributed by atoms with Gasteiger partial charge in [0.2, 0.25) is 0 Å². The minimum absolute atomic E-state index is 0.681. The summed E-state index contributed by atoms with van der Waals surface area (Å²) < 4.78 is 0. The predicted molar refractivity (Wildman–Crippen MR) is 74.4 cm³/mol. The van der Waals surface area contributed by atoms with Crippen molar-refractivity contribution in [1.82, 2.24) is 4.90 Å². The van der Waals surface area contributed by atoms with Crippen LogP contribution in [0.3, 0.4) is 0 Å². The van der Waals surface area contributed by atoms with Crippen LogP contribution in [0.1, 0.15) is 44.7 Å². The molecule has 94 valence electrons. The molecule has 1 aliphatic rings. The Morgan fingerprint density at radius 2 is 1.88 bits per heavy atom. The Morgan fingerprint density at radius 1 is 1.24 bits per heavy atom. The number of benzene rings is 1. The Morgan fingerprint density at radius 3 is 2.41 bits per heavy atom. The maximum absolute atomic E-state index is 2.66. The van der Waals surface area contributed by atoms with Crippen molar-refractivity contribution < 1.29 is 0 Å². The van der Waals surface area contributed by atoms with Crippen molar-refractivity contribution in [2.75, 3.05) is 6.54 Å². The predicted octanol–water partition coefficient (Wildman–Crippen LogP) is 3.66. The zero-order valence-electron chi connectivity index (χ0n) is 11.4. The number of nitrogens with zero attached hydrogens (tertiary/aromatic N) is 1. The number of rotatable bonds is 4. The van der Waals surface area contributed by atoms with Gasteiger partial charge in [-0.25, -0.2) is 0 Å². The molecule has 1 aromatic carbocycles. The van der Waals surface area contributed by atoms with E-state index in [9.17, 15) is 0 Å². The second kappa shape index (κ2) is 5.68. The van der Waals surface area contributed by atoms with Crippen LogP contribution in [0.4, 0.5) is 0 Å². The standard InChI is InChI=1S/C16H25N/c1-4-15-7-9-16(10-8-15)12-14(3)17-11-5-6-13(17)2/h7-10,13-14H,4-6,11-12H2,1-3H3. The van der Waals surface area contributed by atoms with Gasteiger partial charge in [-0.3, -0.25) is 4.90 Å². The molecule has 0 amide bonds. The lowest BCUT2D eigenvalue weighted by Gasteiger charge is -2.28. The van der Waals surface area contributed by atoms with Crippen molar-refractivity contribution >= 4 is 0 Å². The summed E-state index contributed by atoms with van der Waals surface area (Å²) in [5.74, 6) is 0. The van der Waals surface area contributed by atoms with Crippen molar-refractivity contribution in [3.63, 3.8) is 0 Å². The lowest BCUT2D eigenvalue weighted by atomic mass is 10.0. The summed E-state index contributed by atoms with van der Waals surface area (Å²) in [7, 11) is 0. The molecule has 1 aromatic rings. The highest BCUT2D eigenvalue weighted by molar-refractivity contribution is 5.23. The zero-order valence-corrected chi connectivity index (χ0v) is 11.4. The first-order valence-corrected chi connectivity index (χ1v) is 7.04. The van der Waals surface area contributed by atoms with Gasteiger partial charge >= 0.3 is 0 Å². The Kier molecular flexibility index (Phi) is 4.22. The minimum Gasteiger partial charge on any atom is -0.298 e. The second-order valence-electron chi connectivity index (χ2n) is 5.45. The molecule has 0 N–H and O–H groups in total. The van der Waals surface area contributed by atoms with Gasteiger partial charge in [-0.1, -0.05) is 31.2 Å². The van der Waals surface area contributed by atoms with E-state index in [2.05, 4.69) is 49.9 Å². The van der Waals surface area contributed by atoms with Crippen LogP contribution in [-0.2, 0) is 12.8 Å². The molecule has 17 heavy (non-hydrogen) atoms. The first-order chi connectivity index (χ1) is 8.20. The lowest BCUT2D eigenvalue weighted by Crippen LogP contribution is -2.36. The van der Waals surface area contributed by atoms with Gasteiger partial charge in [-0.05, 0) is 57.2 Å². The van der Waals surface area contributed by atoms with Crippen molar-refractivity contribution in [3.8, 4) is 0 Å². The Hall–Kier alpha value is -0.820. The quantitative estimate of drug-likeness (QED) is 0.764. The van der Waals surface area contributed by atoms with Gasteiger partial charge < -0.3 is 0 Å². The smallest absolute Gasteiger partial charge is 0.0110 e. The molecule has 1 nitrogen and oxygen atoms in total. The molecular weight excluding hydrogens is 206 g/mol. The Balaban J connectivity index is 1.95. The van der Waals surface area contributed by atoms with Crippen molar-refractivity contribution in [2.45, 2.75) is 58.5 Å². The maximum Gasteiger partial charge on any atom is 0.0110 e. The summed E-state index contributed by atoms with van der Waals surface area (Å²) >= 11 is 0. The number of aryl methyl sites for hydroxylation is 1. The highest BCUT2D eigenvalue weighted by Crippen LogP contribution is 2.21. The molecule has 2 unspecified atom stereocenters. The molecule has 1 fully saturated rings. The summed E-state index contributed by atoms with van der Waals surface area (Å²) in [5.41, 5.74) is 2.92. The van der Waals surface area contributed by atoms with Crippen molar-refractivity contribution in [2.24, 2.45) is 0 Å². The third-order valence-corrected chi connectivity index (χ3v) is 4.13. The number of likely N-dealkylation sites (tertiary alicyclic amines) is 1. The third-order valence-electron chi connectivity index (χ3n) is 4.13. The third kappa shape index (κ3) is 3.10. The van der Waals surface area contributed by atoms with Gasteiger partial charge in [0.1, 0.15) is 0 Å². The summed E-state index contributed by atoms with van der Waals surface area (Å²) in [6, 6.07) is 10.6. The van der Waals surface area contributed by atoms with Gasteiger partial charge in [-0.2, -0.15) is 0 Å². The SMILES string of the molecule is CCc1ccc(CC(C)N2CCCC2C)cc1. The first kappa shape index (κ1) is 12.6. The Labute approximate surface area is 106 Å². The van der Waals surface area contributed by atoms with E-state index in [1.54, 1.807) is 0 Å². The van der Waals surface area contributed by atoms with Crippen LogP contribution in [0.15, 0.2) is 24.3 Å². The highest BCUT2D eigenvalue weighted by Gasteiger charge is 2.24. The van der Waals surface area contributed by atoms with Gasteiger partial charge in [0.05, 0.1) is 0 Å². The molecule has 1 heterocycles. The molecule has 2 rings (SSSR count). The van der Waals surface area contributed by atoms with E-state index in [1.807, 2.05) is 0 Å². The van der Waals surface area contributed by atoms with Gasteiger partial charge in [0.15, 0.2) is 0 Å². The monoisotopic (exact) mass is 231 g/mol. The largest absolute Gasteiger partial charge is 0.298 e. The van der Waals surface area contributed by atoms with E-state index in [0.717, 1.165) is 12.5 Å². The van der Waals surface area contributed by atoms with Crippen LogP contribution in [0.2, 0.25) is 0 Å². The van der Waals surface area contributed by atoms with Crippen molar-refractivity contribution in [1.29, 1.82) is 0 Å². The lowest BCUT2D eigenvalue weighted by molar-refractivity contribution is 0.201. The molecule has 1 aliphatic heterocycles. The molecule has 0 aromatic heterocycles. The van der Waals surface area contributed by atoms with E-state index >= 15 is 0 Å². The molecule has 0 aliphatic carbocycles. The fraction of sp³-hybridized carbons (Fsp3) is 0.625.